The molecule has 2 aliphatic rings. The number of benzene rings is 1. The van der Waals surface area contributed by atoms with Crippen molar-refractivity contribution in [1.82, 2.24) is 9.80 Å². The van der Waals surface area contributed by atoms with Crippen molar-refractivity contribution in [2.24, 2.45) is 0 Å². The van der Waals surface area contributed by atoms with Crippen LogP contribution in [0.15, 0.2) is 18.2 Å². The van der Waals surface area contributed by atoms with Crippen molar-refractivity contribution >= 4 is 21.4 Å². The molecule has 1 aromatic rings. The van der Waals surface area contributed by atoms with Crippen LogP contribution in [0.5, 0.6) is 0 Å². The third-order valence-electron chi connectivity index (χ3n) is 6.24. The van der Waals surface area contributed by atoms with E-state index < -0.39 is 9.84 Å². The van der Waals surface area contributed by atoms with Gasteiger partial charge in [-0.15, -0.1) is 0 Å². The third kappa shape index (κ3) is 4.29. The minimum absolute atomic E-state index is 0.0253. The van der Waals surface area contributed by atoms with Gasteiger partial charge in [0, 0.05) is 45.0 Å². The number of anilines is 1. The Bertz CT molecular complexity index is 801. The van der Waals surface area contributed by atoms with Crippen LogP contribution >= 0.6 is 0 Å². The monoisotopic (exact) mass is 393 g/mol. The molecule has 0 aromatic heterocycles. The van der Waals surface area contributed by atoms with E-state index in [0.29, 0.717) is 6.42 Å². The highest BCUT2D eigenvalue weighted by molar-refractivity contribution is 7.91. The summed E-state index contributed by atoms with van der Waals surface area (Å²) in [5.74, 6) is 0.317. The van der Waals surface area contributed by atoms with Crippen molar-refractivity contribution in [3.63, 3.8) is 0 Å². The molecule has 2 saturated heterocycles. The summed E-state index contributed by atoms with van der Waals surface area (Å²) in [5, 5.41) is 0. The molecule has 6 nitrogen and oxygen atoms in total. The molecule has 2 atom stereocenters. The fourth-order valence-electron chi connectivity index (χ4n) is 4.14. The number of aryl methyl sites for hydroxylation is 1. The molecule has 150 valence electrons. The summed E-state index contributed by atoms with van der Waals surface area (Å²) in [4.78, 5) is 19.1. The van der Waals surface area contributed by atoms with Crippen molar-refractivity contribution < 1.29 is 13.2 Å². The second-order valence-corrected chi connectivity index (χ2v) is 10.2. The van der Waals surface area contributed by atoms with Crippen LogP contribution in [0.2, 0.25) is 0 Å². The molecule has 1 amide bonds. The zero-order valence-electron chi connectivity index (χ0n) is 16.8. The largest absolute Gasteiger partial charge is 0.369 e. The van der Waals surface area contributed by atoms with Crippen molar-refractivity contribution in [1.29, 1.82) is 0 Å². The summed E-state index contributed by atoms with van der Waals surface area (Å²) >= 11 is 0. The van der Waals surface area contributed by atoms with E-state index in [-0.39, 0.29) is 29.5 Å². The van der Waals surface area contributed by atoms with Gasteiger partial charge in [-0.1, -0.05) is 12.1 Å². The second-order valence-electron chi connectivity index (χ2n) is 7.92. The zero-order chi connectivity index (χ0) is 19.8. The number of carbonyl (C=O) groups is 1. The molecule has 0 spiro atoms. The number of carbonyl (C=O) groups excluding carboxylic acids is 1. The van der Waals surface area contributed by atoms with Gasteiger partial charge < -0.3 is 9.80 Å². The molecule has 1 aromatic carbocycles. The van der Waals surface area contributed by atoms with Crippen LogP contribution in [0.25, 0.3) is 0 Å². The minimum Gasteiger partial charge on any atom is -0.369 e. The molecule has 2 aliphatic heterocycles. The van der Waals surface area contributed by atoms with E-state index in [4.69, 9.17) is 0 Å². The van der Waals surface area contributed by atoms with Gasteiger partial charge in [-0.2, -0.15) is 0 Å². The fourth-order valence-corrected chi connectivity index (χ4v) is 5.91. The molecule has 0 saturated carbocycles. The molecule has 0 bridgehead atoms. The lowest BCUT2D eigenvalue weighted by molar-refractivity contribution is -0.136. The number of nitrogens with zero attached hydrogens (tertiary/aromatic N) is 3. The van der Waals surface area contributed by atoms with E-state index in [9.17, 15) is 13.2 Å². The second kappa shape index (κ2) is 7.80. The maximum Gasteiger partial charge on any atom is 0.239 e. The molecule has 2 heterocycles. The van der Waals surface area contributed by atoms with Gasteiger partial charge in [0.2, 0.25) is 5.91 Å². The van der Waals surface area contributed by atoms with E-state index >= 15 is 0 Å². The summed E-state index contributed by atoms with van der Waals surface area (Å²) < 4.78 is 23.4. The Kier molecular flexibility index (Phi) is 5.82. The topological polar surface area (TPSA) is 60.9 Å². The molecule has 27 heavy (non-hydrogen) atoms. The Morgan fingerprint density at radius 3 is 2.44 bits per heavy atom. The predicted octanol–water partition coefficient (Wildman–Crippen LogP) is 1.46. The lowest BCUT2D eigenvalue weighted by atomic mass is 10.1. The fraction of sp³-hybridized carbons (Fsp3) is 0.650. The normalized spacial score (nSPS) is 24.0. The van der Waals surface area contributed by atoms with Gasteiger partial charge in [0.25, 0.3) is 0 Å². The number of sulfone groups is 1. The smallest absolute Gasteiger partial charge is 0.239 e. The van der Waals surface area contributed by atoms with E-state index in [1.165, 1.54) is 16.8 Å². The molecule has 0 aliphatic carbocycles. The maximum absolute atomic E-state index is 12.9. The Morgan fingerprint density at radius 2 is 1.85 bits per heavy atom. The molecular weight excluding hydrogens is 362 g/mol. The Balaban J connectivity index is 1.59. The first-order chi connectivity index (χ1) is 12.7. The lowest BCUT2D eigenvalue weighted by Gasteiger charge is -2.40. The van der Waals surface area contributed by atoms with Gasteiger partial charge in [0.05, 0.1) is 17.5 Å². The number of likely N-dealkylation sites (N-methyl/N-ethyl adjacent to an activating group) is 1. The molecule has 0 radical (unpaired) electrons. The van der Waals surface area contributed by atoms with Gasteiger partial charge >= 0.3 is 0 Å². The highest BCUT2D eigenvalue weighted by atomic mass is 32.2. The van der Waals surface area contributed by atoms with Crippen molar-refractivity contribution in [2.75, 3.05) is 49.6 Å². The summed E-state index contributed by atoms with van der Waals surface area (Å²) in [6.07, 6.45) is 0.553. The van der Waals surface area contributed by atoms with Crippen molar-refractivity contribution in [3.8, 4) is 0 Å². The standard InChI is InChI=1S/C20H31N3O3S/c1-15-6-5-7-19(16(15)2)23-11-9-22(10-12-23)17(3)20(24)21(4)18-8-13-27(25,26)14-18/h5-7,17-18H,8-14H2,1-4H3. The number of amides is 1. The quantitative estimate of drug-likeness (QED) is 0.775. The van der Waals surface area contributed by atoms with Crippen LogP contribution in [-0.2, 0) is 14.6 Å². The first kappa shape index (κ1) is 20.1. The van der Waals surface area contributed by atoms with Gasteiger partial charge in [-0.05, 0) is 44.4 Å². The Morgan fingerprint density at radius 1 is 1.19 bits per heavy atom. The zero-order valence-corrected chi connectivity index (χ0v) is 17.6. The SMILES string of the molecule is Cc1cccc(N2CCN(C(C)C(=O)N(C)C3CCS(=O)(=O)C3)CC2)c1C. The highest BCUT2D eigenvalue weighted by Crippen LogP contribution is 2.25. The molecule has 3 rings (SSSR count). The average Bonchev–Trinajstić information content (AvgIpc) is 3.02. The number of piperazine rings is 1. The third-order valence-corrected chi connectivity index (χ3v) is 7.99. The highest BCUT2D eigenvalue weighted by Gasteiger charge is 2.36. The van der Waals surface area contributed by atoms with E-state index in [0.717, 1.165) is 26.2 Å². The molecule has 2 fully saturated rings. The first-order valence-corrected chi connectivity index (χ1v) is 11.5. The maximum atomic E-state index is 12.9. The van der Waals surface area contributed by atoms with Crippen LogP contribution < -0.4 is 4.90 Å². The first-order valence-electron chi connectivity index (χ1n) is 9.72. The van der Waals surface area contributed by atoms with Crippen molar-refractivity contribution in [2.45, 2.75) is 39.3 Å². The van der Waals surface area contributed by atoms with Gasteiger partial charge in [-0.25, -0.2) is 8.42 Å². The summed E-state index contributed by atoms with van der Waals surface area (Å²) in [6, 6.07) is 6.00. The van der Waals surface area contributed by atoms with Crippen molar-refractivity contribution in [3.05, 3.63) is 29.3 Å². The van der Waals surface area contributed by atoms with Gasteiger partial charge in [0.1, 0.15) is 0 Å². The number of hydrogen-bond acceptors (Lipinski definition) is 5. The molecule has 2 unspecified atom stereocenters. The summed E-state index contributed by atoms with van der Waals surface area (Å²) in [7, 11) is -1.24. The van der Waals surface area contributed by atoms with E-state index in [1.807, 2.05) is 6.92 Å². The Hall–Kier alpha value is -1.60. The number of rotatable bonds is 4. The predicted molar refractivity (Wildman–Crippen MR) is 109 cm³/mol. The van der Waals surface area contributed by atoms with E-state index in [2.05, 4.69) is 41.8 Å². The lowest BCUT2D eigenvalue weighted by Crippen LogP contribution is -2.55. The van der Waals surface area contributed by atoms with Crippen LogP contribution in [-0.4, -0.2) is 80.9 Å². The van der Waals surface area contributed by atoms with Crippen LogP contribution in [0.4, 0.5) is 5.69 Å². The number of hydrogen-bond donors (Lipinski definition) is 0. The average molecular weight is 394 g/mol. The molecule has 7 heteroatoms. The van der Waals surface area contributed by atoms with E-state index in [1.54, 1.807) is 11.9 Å². The van der Waals surface area contributed by atoms with Crippen LogP contribution in [0.1, 0.15) is 24.5 Å². The Labute approximate surface area is 163 Å². The molecular formula is C20H31N3O3S. The molecule has 0 N–H and O–H groups in total. The van der Waals surface area contributed by atoms with Gasteiger partial charge in [-0.3, -0.25) is 9.69 Å². The minimum atomic E-state index is -2.98. The van der Waals surface area contributed by atoms with Gasteiger partial charge in [0.15, 0.2) is 9.84 Å². The summed E-state index contributed by atoms with van der Waals surface area (Å²) in [5.41, 5.74) is 3.89. The summed E-state index contributed by atoms with van der Waals surface area (Å²) in [6.45, 7) is 9.68. The van der Waals surface area contributed by atoms with Crippen LogP contribution in [0.3, 0.4) is 0 Å². The van der Waals surface area contributed by atoms with Crippen LogP contribution in [0, 0.1) is 13.8 Å².